The van der Waals surface area contributed by atoms with E-state index in [4.69, 9.17) is 5.53 Å². The van der Waals surface area contributed by atoms with Gasteiger partial charge < -0.3 is 0 Å². The summed E-state index contributed by atoms with van der Waals surface area (Å²) < 4.78 is 1.42. The number of hydrogen-bond acceptors (Lipinski definition) is 1. The van der Waals surface area contributed by atoms with Crippen LogP contribution < -0.4 is 4.46 Å². The van der Waals surface area contributed by atoms with Gasteiger partial charge in [0.2, 0.25) is 0 Å². The van der Waals surface area contributed by atoms with E-state index in [2.05, 4.69) is 40.4 Å². The van der Waals surface area contributed by atoms with Crippen molar-refractivity contribution >= 4 is 19.4 Å². The van der Waals surface area contributed by atoms with Crippen LogP contribution in [0.15, 0.2) is 35.4 Å². The maximum absolute atomic E-state index is 8.73. The summed E-state index contributed by atoms with van der Waals surface area (Å²) in [5, 5.41) is 4.06. The molecule has 0 radical (unpaired) electrons. The Bertz CT molecular complexity index is 401. The van der Waals surface area contributed by atoms with Crippen LogP contribution in [0.25, 0.3) is 10.4 Å². The SMILES string of the molecule is [N-]=[N+]=NC1CCCCCCC1[Se]c1ccccc1. The van der Waals surface area contributed by atoms with Gasteiger partial charge >= 0.3 is 115 Å². The molecule has 1 fully saturated rings. The Morgan fingerprint density at radius 3 is 2.50 bits per heavy atom. The average molecular weight is 308 g/mol. The van der Waals surface area contributed by atoms with Crippen molar-refractivity contribution in [3.63, 3.8) is 0 Å². The second-order valence-electron chi connectivity index (χ2n) is 4.73. The second kappa shape index (κ2) is 7.48. The zero-order valence-electron chi connectivity index (χ0n) is 10.5. The van der Waals surface area contributed by atoms with Gasteiger partial charge in [-0.15, -0.1) is 0 Å². The molecular weight excluding hydrogens is 289 g/mol. The van der Waals surface area contributed by atoms with Crippen LogP contribution in [0.1, 0.15) is 38.5 Å². The summed E-state index contributed by atoms with van der Waals surface area (Å²) in [6.45, 7) is 0. The first-order valence-electron chi connectivity index (χ1n) is 6.66. The predicted molar refractivity (Wildman–Crippen MR) is 76.2 cm³/mol. The van der Waals surface area contributed by atoms with Crippen LogP contribution >= 0.6 is 0 Å². The molecule has 0 N–H and O–H groups in total. The first kappa shape index (κ1) is 13.5. The zero-order valence-corrected chi connectivity index (χ0v) is 12.2. The molecular formula is C14H19N3Se. The first-order chi connectivity index (χ1) is 8.90. The van der Waals surface area contributed by atoms with Crippen LogP contribution in [0.4, 0.5) is 0 Å². The number of benzene rings is 1. The van der Waals surface area contributed by atoms with E-state index in [1.165, 1.54) is 36.6 Å². The fraction of sp³-hybridized carbons (Fsp3) is 0.571. The summed E-state index contributed by atoms with van der Waals surface area (Å²) >= 11 is 0.428. The van der Waals surface area contributed by atoms with E-state index >= 15 is 0 Å². The van der Waals surface area contributed by atoms with Crippen LogP contribution in [-0.2, 0) is 0 Å². The van der Waals surface area contributed by atoms with Crippen molar-refractivity contribution in [2.75, 3.05) is 0 Å². The minimum absolute atomic E-state index is 0.218. The molecule has 0 aliphatic heterocycles. The van der Waals surface area contributed by atoms with Gasteiger partial charge in [-0.1, -0.05) is 0 Å². The van der Waals surface area contributed by atoms with Crippen LogP contribution in [0, 0.1) is 0 Å². The molecule has 1 saturated carbocycles. The Morgan fingerprint density at radius 1 is 1.06 bits per heavy atom. The molecule has 96 valence electrons. The fourth-order valence-electron chi connectivity index (χ4n) is 2.44. The van der Waals surface area contributed by atoms with Crippen LogP contribution in [0.5, 0.6) is 0 Å². The Kier molecular flexibility index (Phi) is 5.60. The third-order valence-corrected chi connectivity index (χ3v) is 6.33. The van der Waals surface area contributed by atoms with Gasteiger partial charge in [-0.3, -0.25) is 0 Å². The van der Waals surface area contributed by atoms with E-state index in [0.717, 1.165) is 6.42 Å². The zero-order chi connectivity index (χ0) is 12.6. The molecule has 0 spiro atoms. The van der Waals surface area contributed by atoms with Gasteiger partial charge in [0, 0.05) is 0 Å². The molecule has 0 amide bonds. The fourth-order valence-corrected chi connectivity index (χ4v) is 5.16. The predicted octanol–water partition coefficient (Wildman–Crippen LogP) is 3.84. The Hall–Kier alpha value is -0.951. The molecule has 0 bridgehead atoms. The van der Waals surface area contributed by atoms with E-state index in [1.54, 1.807) is 0 Å². The Morgan fingerprint density at radius 2 is 1.78 bits per heavy atom. The molecule has 0 heterocycles. The van der Waals surface area contributed by atoms with Gasteiger partial charge in [-0.05, 0) is 0 Å². The summed E-state index contributed by atoms with van der Waals surface area (Å²) in [4.78, 5) is 3.64. The van der Waals surface area contributed by atoms with Crippen LogP contribution in [0.2, 0.25) is 4.82 Å². The van der Waals surface area contributed by atoms with Gasteiger partial charge in [0.25, 0.3) is 0 Å². The summed E-state index contributed by atoms with van der Waals surface area (Å²) in [7, 11) is 0. The van der Waals surface area contributed by atoms with Crippen LogP contribution in [-0.4, -0.2) is 21.0 Å². The average Bonchev–Trinajstić information content (AvgIpc) is 2.38. The molecule has 0 aromatic heterocycles. The first-order valence-corrected chi connectivity index (χ1v) is 8.50. The minimum atomic E-state index is 0.218. The molecule has 2 unspecified atom stereocenters. The summed E-state index contributed by atoms with van der Waals surface area (Å²) in [5.41, 5.74) is 8.73. The van der Waals surface area contributed by atoms with Gasteiger partial charge in [-0.25, -0.2) is 0 Å². The number of azide groups is 1. The third kappa shape index (κ3) is 4.06. The topological polar surface area (TPSA) is 48.8 Å². The van der Waals surface area contributed by atoms with Crippen LogP contribution in [0.3, 0.4) is 0 Å². The number of hydrogen-bond donors (Lipinski definition) is 0. The summed E-state index contributed by atoms with van der Waals surface area (Å²) in [6.07, 6.45) is 7.43. The van der Waals surface area contributed by atoms with Crippen molar-refractivity contribution in [1.82, 2.24) is 0 Å². The molecule has 2 rings (SSSR count). The molecule has 1 aliphatic rings. The van der Waals surface area contributed by atoms with E-state index in [9.17, 15) is 0 Å². The molecule has 3 nitrogen and oxygen atoms in total. The van der Waals surface area contributed by atoms with Crippen molar-refractivity contribution < 1.29 is 0 Å². The Balaban J connectivity index is 2.06. The van der Waals surface area contributed by atoms with Gasteiger partial charge in [0.05, 0.1) is 0 Å². The molecule has 4 heteroatoms. The molecule has 0 saturated heterocycles. The summed E-state index contributed by atoms with van der Waals surface area (Å²) in [6, 6.07) is 10.9. The molecule has 1 aliphatic carbocycles. The van der Waals surface area contributed by atoms with Crippen molar-refractivity contribution in [3.05, 3.63) is 40.8 Å². The van der Waals surface area contributed by atoms with Gasteiger partial charge in [-0.2, -0.15) is 0 Å². The van der Waals surface area contributed by atoms with E-state index in [1.807, 2.05) is 0 Å². The van der Waals surface area contributed by atoms with E-state index < -0.39 is 0 Å². The second-order valence-corrected chi connectivity index (χ2v) is 7.49. The van der Waals surface area contributed by atoms with Crippen molar-refractivity contribution in [3.8, 4) is 0 Å². The van der Waals surface area contributed by atoms with Crippen molar-refractivity contribution in [1.29, 1.82) is 0 Å². The van der Waals surface area contributed by atoms with E-state index in [-0.39, 0.29) is 6.04 Å². The summed E-state index contributed by atoms with van der Waals surface area (Å²) in [5.74, 6) is 0. The molecule has 2 atom stereocenters. The number of nitrogens with zero attached hydrogens (tertiary/aromatic N) is 3. The van der Waals surface area contributed by atoms with Crippen molar-refractivity contribution in [2.45, 2.75) is 49.4 Å². The number of rotatable bonds is 3. The van der Waals surface area contributed by atoms with Crippen molar-refractivity contribution in [2.24, 2.45) is 5.11 Å². The molecule has 1 aromatic rings. The van der Waals surface area contributed by atoms with E-state index in [0.29, 0.717) is 19.8 Å². The quantitative estimate of drug-likeness (QED) is 0.353. The maximum atomic E-state index is 8.73. The third-order valence-electron chi connectivity index (χ3n) is 3.40. The van der Waals surface area contributed by atoms with Gasteiger partial charge in [0.15, 0.2) is 0 Å². The monoisotopic (exact) mass is 309 g/mol. The normalized spacial score (nSPS) is 24.7. The Labute approximate surface area is 115 Å². The van der Waals surface area contributed by atoms with Gasteiger partial charge in [0.1, 0.15) is 0 Å². The molecule has 18 heavy (non-hydrogen) atoms. The molecule has 1 aromatic carbocycles. The standard InChI is InChI=1S/C14H19N3Se/c15-17-16-13-10-6-1-2-7-11-14(13)18-12-8-4-3-5-9-12/h3-5,8-9,13-14H,1-2,6-7,10-11H2.